The summed E-state index contributed by atoms with van der Waals surface area (Å²) in [6.07, 6.45) is 3.37. The van der Waals surface area contributed by atoms with E-state index in [1.54, 1.807) is 0 Å². The van der Waals surface area contributed by atoms with Gasteiger partial charge in [-0.25, -0.2) is 0 Å². The lowest BCUT2D eigenvalue weighted by molar-refractivity contribution is 0.288. The number of hydrogen-bond donors (Lipinski definition) is 0. The highest BCUT2D eigenvalue weighted by atomic mass is 79.9. The number of alkyl halides is 1. The van der Waals surface area contributed by atoms with E-state index in [1.165, 1.54) is 16.7 Å². The maximum Gasteiger partial charge on any atom is 0.122 e. The van der Waals surface area contributed by atoms with E-state index in [0.29, 0.717) is 10.7 Å². The second-order valence-electron chi connectivity index (χ2n) is 5.65. The monoisotopic (exact) mass is 344 g/mol. The van der Waals surface area contributed by atoms with Crippen molar-refractivity contribution in [1.82, 2.24) is 0 Å². The first-order chi connectivity index (χ1) is 10.3. The zero-order valence-corrected chi connectivity index (χ0v) is 14.0. The molecule has 0 aromatic heterocycles. The summed E-state index contributed by atoms with van der Waals surface area (Å²) in [6, 6.07) is 17.4. The van der Waals surface area contributed by atoms with Crippen LogP contribution in [0.3, 0.4) is 0 Å². The van der Waals surface area contributed by atoms with E-state index in [-0.39, 0.29) is 0 Å². The number of halogens is 1. The van der Waals surface area contributed by atoms with Crippen LogP contribution in [0, 0.1) is 0 Å². The van der Waals surface area contributed by atoms with Gasteiger partial charge in [0.15, 0.2) is 0 Å². The van der Waals surface area contributed by atoms with E-state index >= 15 is 0 Å². The van der Waals surface area contributed by atoms with Crippen LogP contribution >= 0.6 is 15.9 Å². The first-order valence-corrected chi connectivity index (χ1v) is 8.66. The summed E-state index contributed by atoms with van der Waals surface area (Å²) in [5.74, 6) is 1.56. The van der Waals surface area contributed by atoms with Crippen molar-refractivity contribution >= 4 is 15.9 Å². The predicted octanol–water partition coefficient (Wildman–Crippen LogP) is 5.64. The number of hydrogen-bond acceptors (Lipinski definition) is 1. The molecule has 2 atom stereocenters. The van der Waals surface area contributed by atoms with Gasteiger partial charge < -0.3 is 4.74 Å². The lowest BCUT2D eigenvalue weighted by Crippen LogP contribution is -2.10. The van der Waals surface area contributed by atoms with Crippen molar-refractivity contribution in [1.29, 1.82) is 0 Å². The SMILES string of the molecule is CCC(c1ccccc1)C(Br)c1ccc2c(c1)CCCO2. The van der Waals surface area contributed by atoms with Crippen molar-refractivity contribution in [3.05, 3.63) is 65.2 Å². The van der Waals surface area contributed by atoms with Gasteiger partial charge in [-0.2, -0.15) is 0 Å². The molecule has 0 bridgehead atoms. The third-order valence-electron chi connectivity index (χ3n) is 4.27. The summed E-state index contributed by atoms with van der Waals surface area (Å²) in [5, 5.41) is 0. The smallest absolute Gasteiger partial charge is 0.122 e. The molecule has 21 heavy (non-hydrogen) atoms. The Morgan fingerprint density at radius 1 is 1.10 bits per heavy atom. The fourth-order valence-corrected chi connectivity index (χ4v) is 4.06. The first-order valence-electron chi connectivity index (χ1n) is 7.74. The minimum absolute atomic E-state index is 0.345. The average Bonchev–Trinajstić information content (AvgIpc) is 2.56. The molecule has 3 rings (SSSR count). The van der Waals surface area contributed by atoms with Crippen LogP contribution < -0.4 is 4.74 Å². The Kier molecular flexibility index (Phi) is 4.64. The summed E-state index contributed by atoms with van der Waals surface area (Å²) < 4.78 is 5.71. The molecule has 0 amide bonds. The van der Waals surface area contributed by atoms with Crippen molar-refractivity contribution in [2.45, 2.75) is 36.9 Å². The summed E-state index contributed by atoms with van der Waals surface area (Å²) >= 11 is 3.94. The van der Waals surface area contributed by atoms with Crippen LogP contribution in [-0.2, 0) is 6.42 Å². The molecular formula is C19H21BrO. The molecule has 0 N–H and O–H groups in total. The number of aryl methyl sites for hydroxylation is 1. The quantitative estimate of drug-likeness (QED) is 0.652. The van der Waals surface area contributed by atoms with Crippen molar-refractivity contribution in [3.8, 4) is 5.75 Å². The van der Waals surface area contributed by atoms with E-state index in [1.807, 2.05) is 0 Å². The second-order valence-corrected chi connectivity index (χ2v) is 6.63. The Morgan fingerprint density at radius 3 is 2.67 bits per heavy atom. The van der Waals surface area contributed by atoms with Crippen molar-refractivity contribution in [2.24, 2.45) is 0 Å². The number of benzene rings is 2. The Morgan fingerprint density at radius 2 is 1.90 bits per heavy atom. The molecule has 0 aliphatic carbocycles. The van der Waals surface area contributed by atoms with Gasteiger partial charge >= 0.3 is 0 Å². The van der Waals surface area contributed by atoms with Crippen LogP contribution in [0.2, 0.25) is 0 Å². The number of rotatable bonds is 4. The summed E-state index contributed by atoms with van der Waals surface area (Å²) in [5.41, 5.74) is 4.11. The van der Waals surface area contributed by atoms with Crippen LogP contribution in [0.5, 0.6) is 5.75 Å². The molecule has 0 spiro atoms. The molecule has 2 unspecified atom stereocenters. The Hall–Kier alpha value is -1.28. The van der Waals surface area contributed by atoms with Crippen molar-refractivity contribution in [2.75, 3.05) is 6.61 Å². The van der Waals surface area contributed by atoms with Crippen LogP contribution in [0.15, 0.2) is 48.5 Å². The second kappa shape index (κ2) is 6.65. The summed E-state index contributed by atoms with van der Waals surface area (Å²) in [4.78, 5) is 0.345. The van der Waals surface area contributed by atoms with Gasteiger partial charge in [0.1, 0.15) is 5.75 Å². The highest BCUT2D eigenvalue weighted by molar-refractivity contribution is 9.09. The van der Waals surface area contributed by atoms with Crippen LogP contribution in [0.25, 0.3) is 0 Å². The fraction of sp³-hybridized carbons (Fsp3) is 0.368. The van der Waals surface area contributed by atoms with Crippen LogP contribution in [0.1, 0.15) is 47.2 Å². The fourth-order valence-electron chi connectivity index (χ4n) is 3.10. The predicted molar refractivity (Wildman–Crippen MR) is 91.4 cm³/mol. The standard InChI is InChI=1S/C19H21BrO/c1-2-17(14-7-4-3-5-8-14)19(20)16-10-11-18-15(13-16)9-6-12-21-18/h3-5,7-8,10-11,13,17,19H,2,6,9,12H2,1H3. The van der Waals surface area contributed by atoms with Gasteiger partial charge in [0, 0.05) is 10.7 Å². The molecule has 2 aromatic carbocycles. The normalized spacial score (nSPS) is 16.7. The average molecular weight is 345 g/mol. The van der Waals surface area contributed by atoms with Crippen LogP contribution in [-0.4, -0.2) is 6.61 Å². The Bertz CT molecular complexity index is 594. The third kappa shape index (κ3) is 3.16. The van der Waals surface area contributed by atoms with Gasteiger partial charge in [-0.15, -0.1) is 0 Å². The lowest BCUT2D eigenvalue weighted by atomic mass is 9.88. The molecular weight excluding hydrogens is 324 g/mol. The van der Waals surface area contributed by atoms with Gasteiger partial charge in [0.2, 0.25) is 0 Å². The highest BCUT2D eigenvalue weighted by Gasteiger charge is 2.22. The van der Waals surface area contributed by atoms with Gasteiger partial charge in [-0.05, 0) is 42.0 Å². The van der Waals surface area contributed by atoms with Gasteiger partial charge in [0.05, 0.1) is 6.61 Å². The molecule has 1 heterocycles. The maximum atomic E-state index is 5.71. The zero-order valence-electron chi connectivity index (χ0n) is 12.4. The first kappa shape index (κ1) is 14.6. The molecule has 110 valence electrons. The maximum absolute atomic E-state index is 5.71. The molecule has 1 aliphatic heterocycles. The van der Waals surface area contributed by atoms with E-state index in [9.17, 15) is 0 Å². The van der Waals surface area contributed by atoms with Crippen LogP contribution in [0.4, 0.5) is 0 Å². The topological polar surface area (TPSA) is 9.23 Å². The summed E-state index contributed by atoms with van der Waals surface area (Å²) in [6.45, 7) is 3.11. The summed E-state index contributed by atoms with van der Waals surface area (Å²) in [7, 11) is 0. The van der Waals surface area contributed by atoms with Crippen molar-refractivity contribution < 1.29 is 4.74 Å². The van der Waals surface area contributed by atoms with Gasteiger partial charge in [-0.1, -0.05) is 65.3 Å². The number of ether oxygens (including phenoxy) is 1. The largest absolute Gasteiger partial charge is 0.493 e. The highest BCUT2D eigenvalue weighted by Crippen LogP contribution is 2.41. The van der Waals surface area contributed by atoms with E-state index in [4.69, 9.17) is 4.74 Å². The van der Waals surface area contributed by atoms with E-state index < -0.39 is 0 Å². The van der Waals surface area contributed by atoms with E-state index in [0.717, 1.165) is 31.6 Å². The zero-order chi connectivity index (χ0) is 14.7. The van der Waals surface area contributed by atoms with Crippen molar-refractivity contribution in [3.63, 3.8) is 0 Å². The molecule has 2 heteroatoms. The molecule has 0 saturated carbocycles. The molecule has 0 fully saturated rings. The molecule has 1 nitrogen and oxygen atoms in total. The molecule has 2 aromatic rings. The number of fused-ring (bicyclic) bond motifs is 1. The van der Waals surface area contributed by atoms with E-state index in [2.05, 4.69) is 71.4 Å². The molecule has 1 aliphatic rings. The van der Waals surface area contributed by atoms with Gasteiger partial charge in [0.25, 0.3) is 0 Å². The lowest BCUT2D eigenvalue weighted by Gasteiger charge is -2.24. The Labute approximate surface area is 135 Å². The van der Waals surface area contributed by atoms with Gasteiger partial charge in [-0.3, -0.25) is 0 Å². The minimum atomic E-state index is 0.345. The molecule has 0 saturated heterocycles. The minimum Gasteiger partial charge on any atom is -0.493 e. The molecule has 0 radical (unpaired) electrons. The Balaban J connectivity index is 1.88. The third-order valence-corrected chi connectivity index (χ3v) is 5.44.